The van der Waals surface area contributed by atoms with E-state index in [9.17, 15) is 0 Å². The zero-order valence-electron chi connectivity index (χ0n) is 11.5. The summed E-state index contributed by atoms with van der Waals surface area (Å²) in [7, 11) is 0. The first kappa shape index (κ1) is 14.7. The van der Waals surface area contributed by atoms with Crippen LogP contribution < -0.4 is 0 Å². The summed E-state index contributed by atoms with van der Waals surface area (Å²) in [6.45, 7) is 4.08. The van der Waals surface area contributed by atoms with Crippen molar-refractivity contribution in [3.05, 3.63) is 52.6 Å². The topological polar surface area (TPSA) is 47.6 Å². The van der Waals surface area contributed by atoms with E-state index in [0.29, 0.717) is 0 Å². The van der Waals surface area contributed by atoms with Gasteiger partial charge >= 0.3 is 0 Å². The van der Waals surface area contributed by atoms with E-state index >= 15 is 0 Å². The van der Waals surface area contributed by atoms with Gasteiger partial charge < -0.3 is 0 Å². The Morgan fingerprint density at radius 2 is 1.79 bits per heavy atom. The molecule has 96 valence electrons. The molecule has 1 aromatic rings. The van der Waals surface area contributed by atoms with Crippen LogP contribution in [-0.2, 0) is 6.42 Å². The Bertz CT molecular complexity index is 532. The molecular formula is C17H18N2. The molecule has 0 saturated heterocycles. The number of benzene rings is 1. The molecule has 0 aliphatic carbocycles. The first-order valence-electron chi connectivity index (χ1n) is 6.48. The SMILES string of the molecule is CCCCc1ccc(C=C(C)C=C(C#N)C#N)cc1. The third-order valence-electron chi connectivity index (χ3n) is 2.81. The van der Waals surface area contributed by atoms with Gasteiger partial charge in [-0.15, -0.1) is 0 Å². The summed E-state index contributed by atoms with van der Waals surface area (Å²) < 4.78 is 0. The molecule has 0 bridgehead atoms. The van der Waals surface area contributed by atoms with Crippen LogP contribution in [0.2, 0.25) is 0 Å². The van der Waals surface area contributed by atoms with Crippen LogP contribution in [0.4, 0.5) is 0 Å². The van der Waals surface area contributed by atoms with Crippen molar-refractivity contribution in [3.8, 4) is 12.1 Å². The highest BCUT2D eigenvalue weighted by molar-refractivity contribution is 5.57. The Kier molecular flexibility index (Phi) is 6.13. The lowest BCUT2D eigenvalue weighted by Gasteiger charge is -2.01. The van der Waals surface area contributed by atoms with Gasteiger partial charge in [-0.3, -0.25) is 0 Å². The summed E-state index contributed by atoms with van der Waals surface area (Å²) in [6.07, 6.45) is 7.11. The second-order valence-corrected chi connectivity index (χ2v) is 4.52. The molecular weight excluding hydrogens is 232 g/mol. The number of unbranched alkanes of at least 4 members (excludes halogenated alkanes) is 1. The predicted octanol–water partition coefficient (Wildman–Crippen LogP) is 4.41. The molecule has 0 unspecified atom stereocenters. The van der Waals surface area contributed by atoms with Crippen molar-refractivity contribution < 1.29 is 0 Å². The molecule has 2 nitrogen and oxygen atoms in total. The summed E-state index contributed by atoms with van der Waals surface area (Å²) >= 11 is 0. The molecule has 19 heavy (non-hydrogen) atoms. The normalized spacial score (nSPS) is 10.4. The van der Waals surface area contributed by atoms with Gasteiger partial charge in [0.15, 0.2) is 0 Å². The van der Waals surface area contributed by atoms with Crippen LogP contribution in [0.5, 0.6) is 0 Å². The zero-order chi connectivity index (χ0) is 14.1. The number of hydrogen-bond donors (Lipinski definition) is 0. The van der Waals surface area contributed by atoms with Gasteiger partial charge in [-0.25, -0.2) is 0 Å². The minimum Gasteiger partial charge on any atom is -0.192 e. The Morgan fingerprint density at radius 3 is 2.32 bits per heavy atom. The van der Waals surface area contributed by atoms with Gasteiger partial charge in [0.25, 0.3) is 0 Å². The largest absolute Gasteiger partial charge is 0.192 e. The average molecular weight is 250 g/mol. The molecule has 0 spiro atoms. The molecule has 0 N–H and O–H groups in total. The van der Waals surface area contributed by atoms with Gasteiger partial charge in [-0.1, -0.05) is 43.7 Å². The van der Waals surface area contributed by atoms with Crippen molar-refractivity contribution in [3.63, 3.8) is 0 Å². The van der Waals surface area contributed by atoms with Crippen molar-refractivity contribution in [2.45, 2.75) is 33.1 Å². The molecule has 1 aromatic carbocycles. The lowest BCUT2D eigenvalue weighted by Crippen LogP contribution is -1.84. The third-order valence-corrected chi connectivity index (χ3v) is 2.81. The van der Waals surface area contributed by atoms with Crippen molar-refractivity contribution in [2.75, 3.05) is 0 Å². The lowest BCUT2D eigenvalue weighted by atomic mass is 10.0. The maximum Gasteiger partial charge on any atom is 0.129 e. The van der Waals surface area contributed by atoms with E-state index < -0.39 is 0 Å². The highest BCUT2D eigenvalue weighted by Gasteiger charge is 1.95. The first-order valence-corrected chi connectivity index (χ1v) is 6.48. The molecule has 0 aromatic heterocycles. The van der Waals surface area contributed by atoms with Crippen molar-refractivity contribution in [1.82, 2.24) is 0 Å². The van der Waals surface area contributed by atoms with E-state index in [0.717, 1.165) is 17.6 Å². The van der Waals surface area contributed by atoms with E-state index in [1.165, 1.54) is 18.4 Å². The van der Waals surface area contributed by atoms with Gasteiger partial charge in [-0.2, -0.15) is 10.5 Å². The third kappa shape index (κ3) is 5.23. The Balaban J connectivity index is 2.80. The van der Waals surface area contributed by atoms with Crippen LogP contribution in [0, 0.1) is 22.7 Å². The molecule has 0 heterocycles. The summed E-state index contributed by atoms with van der Waals surface area (Å²) in [4.78, 5) is 0. The van der Waals surface area contributed by atoms with Crippen LogP contribution in [-0.4, -0.2) is 0 Å². The van der Waals surface area contributed by atoms with E-state index in [4.69, 9.17) is 10.5 Å². The van der Waals surface area contributed by atoms with Crippen LogP contribution in [0.1, 0.15) is 37.8 Å². The molecule has 1 rings (SSSR count). The number of nitriles is 2. The van der Waals surface area contributed by atoms with Crippen LogP contribution in [0.25, 0.3) is 6.08 Å². The molecule has 2 heteroatoms. The highest BCUT2D eigenvalue weighted by Crippen LogP contribution is 2.12. The first-order chi connectivity index (χ1) is 9.19. The molecule has 0 aliphatic heterocycles. The van der Waals surface area contributed by atoms with Gasteiger partial charge in [0, 0.05) is 0 Å². The zero-order valence-corrected chi connectivity index (χ0v) is 11.5. The minimum absolute atomic E-state index is 0.133. The number of allylic oxidation sites excluding steroid dienone is 3. The number of rotatable bonds is 5. The molecule has 0 fully saturated rings. The van der Waals surface area contributed by atoms with Crippen molar-refractivity contribution >= 4 is 6.08 Å². The summed E-state index contributed by atoms with van der Waals surface area (Å²) in [5.41, 5.74) is 3.47. The number of aryl methyl sites for hydroxylation is 1. The molecule has 0 radical (unpaired) electrons. The van der Waals surface area contributed by atoms with Crippen LogP contribution >= 0.6 is 0 Å². The van der Waals surface area contributed by atoms with Gasteiger partial charge in [0.1, 0.15) is 17.7 Å². The average Bonchev–Trinajstić information content (AvgIpc) is 2.44. The van der Waals surface area contributed by atoms with Gasteiger partial charge in [-0.05, 0) is 42.5 Å². The standard InChI is InChI=1S/C17H18N2/c1-3-4-5-15-6-8-16(9-7-15)10-14(2)11-17(12-18)13-19/h6-11H,3-5H2,1-2H3. The Hall–Kier alpha value is -2.32. The molecule has 0 saturated carbocycles. The maximum atomic E-state index is 8.69. The number of hydrogen-bond acceptors (Lipinski definition) is 2. The summed E-state index contributed by atoms with van der Waals surface area (Å²) in [6, 6.07) is 12.1. The number of nitrogens with zero attached hydrogens (tertiary/aromatic N) is 2. The second-order valence-electron chi connectivity index (χ2n) is 4.52. The highest BCUT2D eigenvalue weighted by atomic mass is 14.3. The van der Waals surface area contributed by atoms with Crippen LogP contribution in [0.3, 0.4) is 0 Å². The van der Waals surface area contributed by atoms with E-state index in [2.05, 4.69) is 31.2 Å². The Morgan fingerprint density at radius 1 is 1.16 bits per heavy atom. The van der Waals surface area contributed by atoms with E-state index in [-0.39, 0.29) is 5.57 Å². The molecule has 0 aliphatic rings. The van der Waals surface area contributed by atoms with Crippen molar-refractivity contribution in [1.29, 1.82) is 10.5 Å². The van der Waals surface area contributed by atoms with Crippen LogP contribution in [0.15, 0.2) is 41.5 Å². The summed E-state index contributed by atoms with van der Waals surface area (Å²) in [5, 5.41) is 17.4. The smallest absolute Gasteiger partial charge is 0.129 e. The maximum absolute atomic E-state index is 8.69. The Labute approximate surface area is 115 Å². The molecule has 0 amide bonds. The monoisotopic (exact) mass is 250 g/mol. The fraction of sp³-hybridized carbons (Fsp3) is 0.294. The van der Waals surface area contributed by atoms with E-state index in [1.807, 2.05) is 25.1 Å². The van der Waals surface area contributed by atoms with Gasteiger partial charge in [0.2, 0.25) is 0 Å². The summed E-state index contributed by atoms with van der Waals surface area (Å²) in [5.74, 6) is 0. The minimum atomic E-state index is 0.133. The fourth-order valence-corrected chi connectivity index (χ4v) is 1.78. The predicted molar refractivity (Wildman–Crippen MR) is 78.0 cm³/mol. The fourth-order valence-electron chi connectivity index (χ4n) is 1.78. The second kappa shape index (κ2) is 7.90. The van der Waals surface area contributed by atoms with E-state index in [1.54, 1.807) is 6.08 Å². The molecule has 0 atom stereocenters. The lowest BCUT2D eigenvalue weighted by molar-refractivity contribution is 0.795. The van der Waals surface area contributed by atoms with Crippen molar-refractivity contribution in [2.24, 2.45) is 0 Å². The van der Waals surface area contributed by atoms with Gasteiger partial charge in [0.05, 0.1) is 0 Å². The quantitative estimate of drug-likeness (QED) is 0.574.